The minimum Gasteiger partial charge on any atom is -0.480 e. The van der Waals surface area contributed by atoms with E-state index >= 15 is 0 Å². The van der Waals surface area contributed by atoms with E-state index in [1.165, 1.54) is 0 Å². The van der Waals surface area contributed by atoms with E-state index in [2.05, 4.69) is 5.32 Å². The summed E-state index contributed by atoms with van der Waals surface area (Å²) in [5.41, 5.74) is 6.77. The van der Waals surface area contributed by atoms with Gasteiger partial charge in [-0.1, -0.05) is 44.2 Å². The van der Waals surface area contributed by atoms with E-state index in [9.17, 15) is 9.59 Å². The Bertz CT molecular complexity index is 451. The van der Waals surface area contributed by atoms with Crippen LogP contribution in [0.2, 0.25) is 0 Å². The lowest BCUT2D eigenvalue weighted by Crippen LogP contribution is -2.49. The summed E-state index contributed by atoms with van der Waals surface area (Å²) in [6, 6.07) is 7.78. The lowest BCUT2D eigenvalue weighted by Gasteiger charge is -2.19. The van der Waals surface area contributed by atoms with Crippen LogP contribution in [0.4, 0.5) is 0 Å². The molecular formula is C15H23ClN2O3. The summed E-state index contributed by atoms with van der Waals surface area (Å²) < 4.78 is 0. The van der Waals surface area contributed by atoms with E-state index in [1.54, 1.807) is 0 Å². The largest absolute Gasteiger partial charge is 0.480 e. The van der Waals surface area contributed by atoms with E-state index in [4.69, 9.17) is 10.8 Å². The van der Waals surface area contributed by atoms with Crippen LogP contribution in [-0.4, -0.2) is 29.1 Å². The minimum atomic E-state index is -1.03. The first kappa shape index (κ1) is 19.4. The van der Waals surface area contributed by atoms with Gasteiger partial charge in [-0.2, -0.15) is 0 Å². The quantitative estimate of drug-likeness (QED) is 0.712. The average molecular weight is 315 g/mol. The normalized spacial score (nSPS) is 13.1. The number of carbonyl (C=O) groups excluding carboxylic acids is 1. The summed E-state index contributed by atoms with van der Waals surface area (Å²) >= 11 is 0. The zero-order valence-corrected chi connectivity index (χ0v) is 13.1. The maximum Gasteiger partial charge on any atom is 0.326 e. The molecule has 0 fully saturated rings. The van der Waals surface area contributed by atoms with Crippen LogP contribution >= 0.6 is 12.4 Å². The first-order valence-electron chi connectivity index (χ1n) is 6.72. The Hall–Kier alpha value is -1.59. The highest BCUT2D eigenvalue weighted by molar-refractivity contribution is 5.87. The van der Waals surface area contributed by atoms with Crippen LogP contribution < -0.4 is 11.1 Å². The number of aliphatic carboxylic acids is 1. The molecule has 5 nitrogen and oxygen atoms in total. The molecule has 6 heteroatoms. The molecule has 0 aromatic heterocycles. The lowest BCUT2D eigenvalue weighted by molar-refractivity contribution is -0.142. The molecule has 2 atom stereocenters. The van der Waals surface area contributed by atoms with E-state index < -0.39 is 24.0 Å². The number of benzene rings is 1. The lowest BCUT2D eigenvalue weighted by atomic mass is 10.0. The summed E-state index contributed by atoms with van der Waals surface area (Å²) in [6.07, 6.45) is 0.778. The molecule has 0 aliphatic rings. The second-order valence-electron chi connectivity index (χ2n) is 5.33. The van der Waals surface area contributed by atoms with E-state index in [1.807, 2.05) is 44.2 Å². The van der Waals surface area contributed by atoms with Crippen molar-refractivity contribution < 1.29 is 14.7 Å². The van der Waals surface area contributed by atoms with Crippen LogP contribution in [-0.2, 0) is 16.0 Å². The van der Waals surface area contributed by atoms with Crippen molar-refractivity contribution in [1.29, 1.82) is 0 Å². The van der Waals surface area contributed by atoms with Gasteiger partial charge in [0.25, 0.3) is 0 Å². The van der Waals surface area contributed by atoms with Crippen molar-refractivity contribution in [3.05, 3.63) is 35.9 Å². The Morgan fingerprint density at radius 1 is 1.24 bits per heavy atom. The second kappa shape index (κ2) is 9.37. The maximum atomic E-state index is 11.9. The van der Waals surface area contributed by atoms with Crippen molar-refractivity contribution in [2.24, 2.45) is 11.7 Å². The first-order valence-corrected chi connectivity index (χ1v) is 6.72. The van der Waals surface area contributed by atoms with Crippen LogP contribution in [0.5, 0.6) is 0 Å². The van der Waals surface area contributed by atoms with Gasteiger partial charge < -0.3 is 16.2 Å². The highest BCUT2D eigenvalue weighted by Crippen LogP contribution is 2.06. The molecule has 0 bridgehead atoms. The Kier molecular flexibility index (Phi) is 8.66. The van der Waals surface area contributed by atoms with Crippen LogP contribution in [0.25, 0.3) is 0 Å². The number of halogens is 1. The van der Waals surface area contributed by atoms with E-state index in [0.29, 0.717) is 12.8 Å². The first-order chi connectivity index (χ1) is 9.40. The van der Waals surface area contributed by atoms with Crippen LogP contribution in [0.3, 0.4) is 0 Å². The second-order valence-corrected chi connectivity index (χ2v) is 5.33. The SMILES string of the molecule is CC(C)C[C@H](NC(=O)[C@@H](N)Cc1ccccc1)C(=O)O.Cl. The van der Waals surface area contributed by atoms with Crippen molar-refractivity contribution in [2.75, 3.05) is 0 Å². The fourth-order valence-corrected chi connectivity index (χ4v) is 1.93. The number of hydrogen-bond donors (Lipinski definition) is 3. The molecule has 0 saturated carbocycles. The topological polar surface area (TPSA) is 92.4 Å². The number of nitrogens with one attached hydrogen (secondary N) is 1. The third-order valence-electron chi connectivity index (χ3n) is 2.96. The molecule has 0 spiro atoms. The number of carboxylic acid groups (broad SMARTS) is 1. The Balaban J connectivity index is 0.00000400. The fourth-order valence-electron chi connectivity index (χ4n) is 1.93. The molecule has 0 aliphatic carbocycles. The van der Waals surface area contributed by atoms with Crippen molar-refractivity contribution in [3.63, 3.8) is 0 Å². The summed E-state index contributed by atoms with van der Waals surface area (Å²) in [7, 11) is 0. The summed E-state index contributed by atoms with van der Waals surface area (Å²) in [4.78, 5) is 23.0. The molecular weight excluding hydrogens is 292 g/mol. The molecule has 0 saturated heterocycles. The number of hydrogen-bond acceptors (Lipinski definition) is 3. The standard InChI is InChI=1S/C15H22N2O3.ClH/c1-10(2)8-13(15(19)20)17-14(18)12(16)9-11-6-4-3-5-7-11;/h3-7,10,12-13H,8-9,16H2,1-2H3,(H,17,18)(H,19,20);1H/t12-,13-;/m0./s1. The van der Waals surface area contributed by atoms with Crippen LogP contribution in [0.15, 0.2) is 30.3 Å². The van der Waals surface area contributed by atoms with E-state index in [-0.39, 0.29) is 18.3 Å². The van der Waals surface area contributed by atoms with Gasteiger partial charge in [-0.25, -0.2) is 4.79 Å². The number of carbonyl (C=O) groups is 2. The van der Waals surface area contributed by atoms with Gasteiger partial charge in [0.15, 0.2) is 0 Å². The molecule has 0 radical (unpaired) electrons. The zero-order valence-electron chi connectivity index (χ0n) is 12.3. The monoisotopic (exact) mass is 314 g/mol. The van der Waals surface area contributed by atoms with Gasteiger partial charge in [-0.05, 0) is 24.3 Å². The molecule has 0 unspecified atom stereocenters. The summed E-state index contributed by atoms with van der Waals surface area (Å²) in [6.45, 7) is 3.82. The van der Waals surface area contributed by atoms with Crippen LogP contribution in [0, 0.1) is 5.92 Å². The molecule has 1 rings (SSSR count). The van der Waals surface area contributed by atoms with Crippen molar-refractivity contribution >= 4 is 24.3 Å². The minimum absolute atomic E-state index is 0. The van der Waals surface area contributed by atoms with Gasteiger partial charge in [0.05, 0.1) is 6.04 Å². The molecule has 21 heavy (non-hydrogen) atoms. The molecule has 1 aromatic carbocycles. The molecule has 0 heterocycles. The number of nitrogens with two attached hydrogens (primary N) is 1. The molecule has 118 valence electrons. The fraction of sp³-hybridized carbons (Fsp3) is 0.467. The van der Waals surface area contributed by atoms with Crippen LogP contribution in [0.1, 0.15) is 25.8 Å². The predicted octanol–water partition coefficient (Wildman–Crippen LogP) is 1.59. The van der Waals surface area contributed by atoms with Crippen molar-refractivity contribution in [3.8, 4) is 0 Å². The number of carboxylic acids is 1. The predicted molar refractivity (Wildman–Crippen MR) is 84.4 cm³/mol. The Morgan fingerprint density at radius 2 is 1.81 bits per heavy atom. The molecule has 4 N–H and O–H groups in total. The zero-order chi connectivity index (χ0) is 15.1. The maximum absolute atomic E-state index is 11.9. The number of amides is 1. The third-order valence-corrected chi connectivity index (χ3v) is 2.96. The van der Waals surface area contributed by atoms with Gasteiger partial charge in [0, 0.05) is 0 Å². The van der Waals surface area contributed by atoms with E-state index in [0.717, 1.165) is 5.56 Å². The van der Waals surface area contributed by atoms with Gasteiger partial charge >= 0.3 is 5.97 Å². The summed E-state index contributed by atoms with van der Waals surface area (Å²) in [5.74, 6) is -1.28. The molecule has 1 amide bonds. The van der Waals surface area contributed by atoms with Gasteiger partial charge in [0.1, 0.15) is 6.04 Å². The average Bonchev–Trinajstić information content (AvgIpc) is 2.38. The number of rotatable bonds is 7. The summed E-state index contributed by atoms with van der Waals surface area (Å²) in [5, 5.41) is 11.6. The highest BCUT2D eigenvalue weighted by atomic mass is 35.5. The van der Waals surface area contributed by atoms with Crippen molar-refractivity contribution in [2.45, 2.75) is 38.8 Å². The Morgan fingerprint density at radius 3 is 2.29 bits per heavy atom. The Labute approximate surface area is 131 Å². The molecule has 1 aromatic rings. The third kappa shape index (κ3) is 7.11. The van der Waals surface area contributed by atoms with Gasteiger partial charge in [-0.3, -0.25) is 4.79 Å². The van der Waals surface area contributed by atoms with Crippen molar-refractivity contribution in [1.82, 2.24) is 5.32 Å². The van der Waals surface area contributed by atoms with Gasteiger partial charge in [-0.15, -0.1) is 12.4 Å². The van der Waals surface area contributed by atoms with Gasteiger partial charge in [0.2, 0.25) is 5.91 Å². The molecule has 0 aliphatic heterocycles. The smallest absolute Gasteiger partial charge is 0.326 e. The highest BCUT2D eigenvalue weighted by Gasteiger charge is 2.24.